The van der Waals surface area contributed by atoms with Crippen molar-refractivity contribution in [2.75, 3.05) is 11.9 Å². The smallest absolute Gasteiger partial charge is 0.357 e. The normalized spacial score (nSPS) is 10.7. The minimum absolute atomic E-state index is 0.158. The van der Waals surface area contributed by atoms with Crippen molar-refractivity contribution in [3.8, 4) is 5.69 Å². The zero-order valence-corrected chi connectivity index (χ0v) is 16.6. The van der Waals surface area contributed by atoms with Gasteiger partial charge in [-0.2, -0.15) is 5.10 Å². The number of fused-ring (bicyclic) bond motifs is 1. The van der Waals surface area contributed by atoms with E-state index in [2.05, 4.69) is 15.4 Å². The van der Waals surface area contributed by atoms with Crippen LogP contribution in [-0.2, 0) is 9.53 Å². The Hall–Kier alpha value is -4.00. The summed E-state index contributed by atoms with van der Waals surface area (Å²) in [6, 6.07) is 20.5. The number of rotatable bonds is 5. The van der Waals surface area contributed by atoms with E-state index in [9.17, 15) is 9.59 Å². The van der Waals surface area contributed by atoms with E-state index >= 15 is 0 Å². The fraction of sp³-hybridized carbons (Fsp3) is 0.130. The molecule has 0 unspecified atom stereocenters. The number of nitrogens with zero attached hydrogens (tertiary/aromatic N) is 3. The predicted molar refractivity (Wildman–Crippen MR) is 114 cm³/mol. The molecule has 30 heavy (non-hydrogen) atoms. The second-order valence-corrected chi connectivity index (χ2v) is 6.81. The summed E-state index contributed by atoms with van der Waals surface area (Å²) in [6.45, 7) is 3.27. The Morgan fingerprint density at radius 2 is 1.70 bits per heavy atom. The average molecular weight is 400 g/mol. The van der Waals surface area contributed by atoms with Crippen LogP contribution in [0.25, 0.3) is 16.6 Å². The standard InChI is InChI=1S/C23H20N4O3/c1-15-22(16(2)27(26-15)18-9-4-3-5-10-18)25-21(28)14-30-23(29)20-13-12-17-8-6-7-11-19(17)24-20/h3-13H,14H2,1-2H3,(H,25,28). The molecule has 0 atom stereocenters. The summed E-state index contributed by atoms with van der Waals surface area (Å²) in [7, 11) is 0. The Morgan fingerprint density at radius 1 is 0.967 bits per heavy atom. The van der Waals surface area contributed by atoms with Crippen molar-refractivity contribution in [1.82, 2.24) is 14.8 Å². The van der Waals surface area contributed by atoms with E-state index in [1.54, 1.807) is 16.8 Å². The molecule has 0 saturated heterocycles. The molecule has 0 aliphatic heterocycles. The number of aryl methyl sites for hydroxylation is 1. The number of carbonyl (C=O) groups is 2. The third kappa shape index (κ3) is 3.91. The van der Waals surface area contributed by atoms with Gasteiger partial charge in [-0.1, -0.05) is 42.5 Å². The Kier molecular flexibility index (Phi) is 5.26. The molecule has 0 aliphatic carbocycles. The van der Waals surface area contributed by atoms with Gasteiger partial charge in [0.05, 0.1) is 28.3 Å². The number of ether oxygens (including phenoxy) is 1. The molecule has 0 spiro atoms. The molecule has 0 aliphatic rings. The zero-order valence-electron chi connectivity index (χ0n) is 16.6. The van der Waals surface area contributed by atoms with Crippen LogP contribution < -0.4 is 5.32 Å². The first-order valence-corrected chi connectivity index (χ1v) is 9.47. The summed E-state index contributed by atoms with van der Waals surface area (Å²) in [6.07, 6.45) is 0. The van der Waals surface area contributed by atoms with Crippen LogP contribution in [0.5, 0.6) is 0 Å². The maximum absolute atomic E-state index is 12.4. The highest BCUT2D eigenvalue weighted by atomic mass is 16.5. The number of esters is 1. The summed E-state index contributed by atoms with van der Waals surface area (Å²) in [5.74, 6) is -1.09. The van der Waals surface area contributed by atoms with E-state index in [0.717, 1.165) is 16.8 Å². The van der Waals surface area contributed by atoms with Crippen molar-refractivity contribution >= 4 is 28.5 Å². The number of para-hydroxylation sites is 2. The Bertz CT molecular complexity index is 1230. The van der Waals surface area contributed by atoms with Gasteiger partial charge in [0.1, 0.15) is 5.69 Å². The van der Waals surface area contributed by atoms with Crippen LogP contribution in [0.4, 0.5) is 5.69 Å². The molecule has 0 bridgehead atoms. The van der Waals surface area contributed by atoms with Gasteiger partial charge in [-0.3, -0.25) is 4.79 Å². The summed E-state index contributed by atoms with van der Waals surface area (Å²) >= 11 is 0. The van der Waals surface area contributed by atoms with Crippen molar-refractivity contribution in [1.29, 1.82) is 0 Å². The molecule has 1 amide bonds. The van der Waals surface area contributed by atoms with Gasteiger partial charge in [0, 0.05) is 5.39 Å². The molecular weight excluding hydrogens is 380 g/mol. The predicted octanol–water partition coefficient (Wildman–Crippen LogP) is 3.83. The van der Waals surface area contributed by atoms with Gasteiger partial charge >= 0.3 is 5.97 Å². The number of carbonyl (C=O) groups excluding carboxylic acids is 2. The molecule has 0 saturated carbocycles. The second kappa shape index (κ2) is 8.16. The van der Waals surface area contributed by atoms with E-state index < -0.39 is 18.5 Å². The minimum Gasteiger partial charge on any atom is -0.451 e. The van der Waals surface area contributed by atoms with Gasteiger partial charge in [-0.15, -0.1) is 0 Å². The molecule has 0 radical (unpaired) electrons. The number of aromatic nitrogens is 3. The highest BCUT2D eigenvalue weighted by Crippen LogP contribution is 2.22. The number of anilines is 1. The van der Waals surface area contributed by atoms with Gasteiger partial charge < -0.3 is 10.1 Å². The van der Waals surface area contributed by atoms with Crippen LogP contribution >= 0.6 is 0 Å². The molecule has 4 aromatic rings. The van der Waals surface area contributed by atoms with E-state index in [4.69, 9.17) is 4.74 Å². The lowest BCUT2D eigenvalue weighted by Gasteiger charge is -2.08. The lowest BCUT2D eigenvalue weighted by molar-refractivity contribution is -0.119. The number of hydrogen-bond donors (Lipinski definition) is 1. The van der Waals surface area contributed by atoms with Crippen molar-refractivity contribution in [2.45, 2.75) is 13.8 Å². The van der Waals surface area contributed by atoms with Gasteiger partial charge in [0.2, 0.25) is 0 Å². The molecular formula is C23H20N4O3. The van der Waals surface area contributed by atoms with Crippen molar-refractivity contribution < 1.29 is 14.3 Å². The third-order valence-corrected chi connectivity index (χ3v) is 4.70. The molecule has 150 valence electrons. The Balaban J connectivity index is 1.42. The van der Waals surface area contributed by atoms with Gasteiger partial charge in [0.15, 0.2) is 6.61 Å². The number of amides is 1. The van der Waals surface area contributed by atoms with Crippen molar-refractivity contribution in [3.05, 3.63) is 83.8 Å². The zero-order chi connectivity index (χ0) is 21.1. The molecule has 1 N–H and O–H groups in total. The summed E-state index contributed by atoms with van der Waals surface area (Å²) in [4.78, 5) is 28.9. The van der Waals surface area contributed by atoms with Crippen LogP contribution in [0.2, 0.25) is 0 Å². The monoisotopic (exact) mass is 400 g/mol. The quantitative estimate of drug-likeness (QED) is 0.515. The van der Waals surface area contributed by atoms with Gasteiger partial charge in [-0.05, 0) is 38.1 Å². The van der Waals surface area contributed by atoms with E-state index in [0.29, 0.717) is 16.9 Å². The van der Waals surface area contributed by atoms with E-state index in [1.807, 2.05) is 68.4 Å². The summed E-state index contributed by atoms with van der Waals surface area (Å²) in [5, 5.41) is 8.20. The lowest BCUT2D eigenvalue weighted by atomic mass is 10.2. The summed E-state index contributed by atoms with van der Waals surface area (Å²) in [5.41, 5.74) is 3.81. The number of pyridine rings is 1. The van der Waals surface area contributed by atoms with Gasteiger partial charge in [-0.25, -0.2) is 14.5 Å². The van der Waals surface area contributed by atoms with Gasteiger partial charge in [0.25, 0.3) is 5.91 Å². The highest BCUT2D eigenvalue weighted by Gasteiger charge is 2.17. The molecule has 2 aromatic carbocycles. The first kappa shape index (κ1) is 19.3. The minimum atomic E-state index is -0.649. The third-order valence-electron chi connectivity index (χ3n) is 4.70. The fourth-order valence-corrected chi connectivity index (χ4v) is 3.20. The van der Waals surface area contributed by atoms with Crippen molar-refractivity contribution in [3.63, 3.8) is 0 Å². The fourth-order valence-electron chi connectivity index (χ4n) is 3.20. The lowest BCUT2D eigenvalue weighted by Crippen LogP contribution is -2.22. The summed E-state index contributed by atoms with van der Waals surface area (Å²) < 4.78 is 6.90. The number of hydrogen-bond acceptors (Lipinski definition) is 5. The second-order valence-electron chi connectivity index (χ2n) is 6.81. The Labute approximate surface area is 173 Å². The maximum atomic E-state index is 12.4. The van der Waals surface area contributed by atoms with E-state index in [1.165, 1.54) is 0 Å². The Morgan fingerprint density at radius 3 is 2.50 bits per heavy atom. The van der Waals surface area contributed by atoms with Crippen LogP contribution in [0, 0.1) is 13.8 Å². The molecule has 2 heterocycles. The largest absolute Gasteiger partial charge is 0.451 e. The highest BCUT2D eigenvalue weighted by molar-refractivity contribution is 5.96. The molecule has 2 aromatic heterocycles. The number of nitrogens with one attached hydrogen (secondary N) is 1. The molecule has 4 rings (SSSR count). The number of benzene rings is 2. The van der Waals surface area contributed by atoms with Crippen LogP contribution in [0.3, 0.4) is 0 Å². The van der Waals surface area contributed by atoms with Crippen LogP contribution in [0.1, 0.15) is 21.9 Å². The maximum Gasteiger partial charge on any atom is 0.357 e. The molecule has 0 fully saturated rings. The van der Waals surface area contributed by atoms with Crippen LogP contribution in [0.15, 0.2) is 66.7 Å². The topological polar surface area (TPSA) is 86.1 Å². The van der Waals surface area contributed by atoms with Crippen LogP contribution in [-0.4, -0.2) is 33.2 Å². The average Bonchev–Trinajstić information content (AvgIpc) is 3.06. The van der Waals surface area contributed by atoms with E-state index in [-0.39, 0.29) is 5.69 Å². The molecule has 7 heteroatoms. The van der Waals surface area contributed by atoms with Crippen molar-refractivity contribution in [2.24, 2.45) is 0 Å². The first-order chi connectivity index (χ1) is 14.5. The SMILES string of the molecule is Cc1nn(-c2ccccc2)c(C)c1NC(=O)COC(=O)c1ccc2ccccc2n1. The molecule has 7 nitrogen and oxygen atoms in total. The first-order valence-electron chi connectivity index (χ1n) is 9.47.